The second kappa shape index (κ2) is 8.19. The van der Waals surface area contributed by atoms with Crippen molar-refractivity contribution in [1.29, 1.82) is 0 Å². The van der Waals surface area contributed by atoms with E-state index in [1.807, 2.05) is 19.1 Å². The lowest BCUT2D eigenvalue weighted by Gasteiger charge is -2.33. The van der Waals surface area contributed by atoms with Crippen molar-refractivity contribution in [3.8, 4) is 17.0 Å². The number of ether oxygens (including phenoxy) is 2. The van der Waals surface area contributed by atoms with Gasteiger partial charge in [0.05, 0.1) is 12.3 Å². The van der Waals surface area contributed by atoms with Crippen LogP contribution in [0.25, 0.3) is 11.3 Å². The zero-order chi connectivity index (χ0) is 20.3. The Hall–Kier alpha value is -2.60. The molecule has 0 spiro atoms. The molecule has 6 nitrogen and oxygen atoms in total. The molecule has 0 fully saturated rings. The van der Waals surface area contributed by atoms with Crippen LogP contribution in [0.15, 0.2) is 35.6 Å². The van der Waals surface area contributed by atoms with Crippen LogP contribution >= 0.6 is 0 Å². The van der Waals surface area contributed by atoms with E-state index in [1.54, 1.807) is 17.8 Å². The number of anilines is 1. The molecule has 2 aromatic rings. The van der Waals surface area contributed by atoms with Gasteiger partial charge in [-0.25, -0.2) is 4.98 Å². The first-order valence-corrected chi connectivity index (χ1v) is 9.68. The lowest BCUT2D eigenvalue weighted by atomic mass is 9.72. The maximum atomic E-state index is 13.4. The fraction of sp³-hybridized carbons (Fsp3) is 0.455. The van der Waals surface area contributed by atoms with E-state index in [9.17, 15) is 4.79 Å². The number of rotatable bonds is 8. The quantitative estimate of drug-likeness (QED) is 0.559. The van der Waals surface area contributed by atoms with Gasteiger partial charge in [0.2, 0.25) is 5.95 Å². The second-order valence-electron chi connectivity index (χ2n) is 7.61. The standard InChI is InChI=1S/C22H29N3O3/c1-6-10-25-20(26)18-19(24-21(25)23-7-2)17-13-16(28-12-11-27-5)9-8-15(17)14-22(18,3)4/h6,8-9,13H,1,7,10-12,14H2,2-5H3,(H,23,24). The highest BCUT2D eigenvalue weighted by atomic mass is 16.5. The molecule has 150 valence electrons. The number of benzene rings is 1. The van der Waals surface area contributed by atoms with Crippen molar-refractivity contribution < 1.29 is 9.47 Å². The third-order valence-corrected chi connectivity index (χ3v) is 5.02. The highest BCUT2D eigenvalue weighted by Gasteiger charge is 2.36. The lowest BCUT2D eigenvalue weighted by molar-refractivity contribution is 0.146. The fourth-order valence-corrected chi connectivity index (χ4v) is 3.78. The third-order valence-electron chi connectivity index (χ3n) is 5.02. The zero-order valence-corrected chi connectivity index (χ0v) is 17.2. The van der Waals surface area contributed by atoms with Crippen LogP contribution in [-0.4, -0.2) is 36.4 Å². The van der Waals surface area contributed by atoms with Gasteiger partial charge in [-0.15, -0.1) is 6.58 Å². The molecule has 1 N–H and O–H groups in total. The summed E-state index contributed by atoms with van der Waals surface area (Å²) in [6.07, 6.45) is 2.50. The van der Waals surface area contributed by atoms with Gasteiger partial charge >= 0.3 is 0 Å². The van der Waals surface area contributed by atoms with Crippen LogP contribution in [0.4, 0.5) is 5.95 Å². The Morgan fingerprint density at radius 2 is 2.14 bits per heavy atom. The molecule has 0 bridgehead atoms. The van der Waals surface area contributed by atoms with E-state index >= 15 is 0 Å². The molecular formula is C22H29N3O3. The van der Waals surface area contributed by atoms with Gasteiger partial charge in [0.25, 0.3) is 5.56 Å². The van der Waals surface area contributed by atoms with Gasteiger partial charge in [-0.1, -0.05) is 26.0 Å². The van der Waals surface area contributed by atoms with Crippen LogP contribution in [0.1, 0.15) is 31.9 Å². The summed E-state index contributed by atoms with van der Waals surface area (Å²) in [5, 5.41) is 3.22. The van der Waals surface area contributed by atoms with Crippen molar-refractivity contribution in [2.45, 2.75) is 39.2 Å². The molecule has 0 atom stereocenters. The number of aromatic nitrogens is 2. The molecule has 3 rings (SSSR count). The fourth-order valence-electron chi connectivity index (χ4n) is 3.78. The highest BCUT2D eigenvalue weighted by Crippen LogP contribution is 2.42. The lowest BCUT2D eigenvalue weighted by Crippen LogP contribution is -2.38. The summed E-state index contributed by atoms with van der Waals surface area (Å²) in [6, 6.07) is 6.03. The maximum Gasteiger partial charge on any atom is 0.259 e. The number of hydrogen-bond donors (Lipinski definition) is 1. The Labute approximate surface area is 166 Å². The number of allylic oxidation sites excluding steroid dienone is 1. The van der Waals surface area contributed by atoms with Crippen molar-refractivity contribution in [3.05, 3.63) is 52.3 Å². The average molecular weight is 383 g/mol. The molecule has 0 radical (unpaired) electrons. The molecule has 0 unspecified atom stereocenters. The van der Waals surface area contributed by atoms with E-state index in [0.717, 1.165) is 29.0 Å². The van der Waals surface area contributed by atoms with Crippen LogP contribution < -0.4 is 15.6 Å². The van der Waals surface area contributed by atoms with Gasteiger partial charge in [0.1, 0.15) is 12.4 Å². The minimum absolute atomic E-state index is 0.0118. The number of fused-ring (bicyclic) bond motifs is 3. The van der Waals surface area contributed by atoms with Gasteiger partial charge in [-0.2, -0.15) is 0 Å². The van der Waals surface area contributed by atoms with Gasteiger partial charge in [-0.3, -0.25) is 9.36 Å². The Morgan fingerprint density at radius 3 is 2.82 bits per heavy atom. The van der Waals surface area contributed by atoms with Crippen LogP contribution in [0.3, 0.4) is 0 Å². The molecule has 1 aliphatic carbocycles. The molecule has 28 heavy (non-hydrogen) atoms. The van der Waals surface area contributed by atoms with Gasteiger partial charge < -0.3 is 14.8 Å². The minimum Gasteiger partial charge on any atom is -0.491 e. The van der Waals surface area contributed by atoms with Crippen LogP contribution in [0.2, 0.25) is 0 Å². The molecule has 6 heteroatoms. The molecule has 1 aliphatic rings. The van der Waals surface area contributed by atoms with Crippen LogP contribution in [0.5, 0.6) is 5.75 Å². The summed E-state index contributed by atoms with van der Waals surface area (Å²) in [4.78, 5) is 18.3. The van der Waals surface area contributed by atoms with E-state index < -0.39 is 0 Å². The predicted molar refractivity (Wildman–Crippen MR) is 112 cm³/mol. The van der Waals surface area contributed by atoms with Gasteiger partial charge in [0, 0.05) is 36.7 Å². The first-order valence-electron chi connectivity index (χ1n) is 9.68. The summed E-state index contributed by atoms with van der Waals surface area (Å²) in [5.74, 6) is 1.32. The normalized spacial score (nSPS) is 14.1. The zero-order valence-electron chi connectivity index (χ0n) is 17.2. The van der Waals surface area contributed by atoms with Crippen molar-refractivity contribution in [3.63, 3.8) is 0 Å². The van der Waals surface area contributed by atoms with Crippen molar-refractivity contribution in [2.24, 2.45) is 0 Å². The summed E-state index contributed by atoms with van der Waals surface area (Å²) in [5.41, 5.74) is 3.31. The summed E-state index contributed by atoms with van der Waals surface area (Å²) < 4.78 is 12.5. The SMILES string of the molecule is C=CCn1c(NCC)nc2c(c1=O)C(C)(C)Cc1ccc(OCCOC)cc1-2. The smallest absolute Gasteiger partial charge is 0.259 e. The highest BCUT2D eigenvalue weighted by molar-refractivity contribution is 5.73. The third kappa shape index (κ3) is 3.69. The van der Waals surface area contributed by atoms with E-state index in [2.05, 4.69) is 31.8 Å². The van der Waals surface area contributed by atoms with E-state index in [0.29, 0.717) is 32.3 Å². The number of nitrogens with one attached hydrogen (secondary N) is 1. The van der Waals surface area contributed by atoms with Gasteiger partial charge in [-0.05, 0) is 31.0 Å². The molecule has 0 saturated heterocycles. The Bertz CT molecular complexity index is 931. The molecule has 0 amide bonds. The average Bonchev–Trinajstić information content (AvgIpc) is 2.65. The second-order valence-corrected chi connectivity index (χ2v) is 7.61. The number of hydrogen-bond acceptors (Lipinski definition) is 5. The summed E-state index contributed by atoms with van der Waals surface area (Å²) >= 11 is 0. The molecule has 0 aliphatic heterocycles. The minimum atomic E-state index is -0.307. The van der Waals surface area contributed by atoms with Crippen LogP contribution in [0, 0.1) is 0 Å². The molecule has 1 aromatic carbocycles. The number of methoxy groups -OCH3 is 1. The van der Waals surface area contributed by atoms with Crippen molar-refractivity contribution >= 4 is 5.95 Å². The van der Waals surface area contributed by atoms with Gasteiger partial charge in [0.15, 0.2) is 0 Å². The Kier molecular flexibility index (Phi) is 5.89. The van der Waals surface area contributed by atoms with Crippen molar-refractivity contribution in [2.75, 3.05) is 32.2 Å². The first-order chi connectivity index (χ1) is 13.4. The van der Waals surface area contributed by atoms with E-state index in [1.165, 1.54) is 5.56 Å². The molecule has 1 heterocycles. The Morgan fingerprint density at radius 1 is 1.36 bits per heavy atom. The predicted octanol–water partition coefficient (Wildman–Crippen LogP) is 3.39. The Balaban J connectivity index is 2.19. The van der Waals surface area contributed by atoms with Crippen LogP contribution in [-0.2, 0) is 23.1 Å². The largest absolute Gasteiger partial charge is 0.491 e. The summed E-state index contributed by atoms with van der Waals surface area (Å²) in [7, 11) is 1.65. The molecule has 1 aromatic heterocycles. The summed E-state index contributed by atoms with van der Waals surface area (Å²) in [6.45, 7) is 12.1. The van der Waals surface area contributed by atoms with E-state index in [4.69, 9.17) is 14.5 Å². The topological polar surface area (TPSA) is 65.4 Å². The van der Waals surface area contributed by atoms with E-state index in [-0.39, 0.29) is 11.0 Å². The monoisotopic (exact) mass is 383 g/mol. The van der Waals surface area contributed by atoms with Crippen molar-refractivity contribution in [1.82, 2.24) is 9.55 Å². The first kappa shape index (κ1) is 20.1. The molecular weight excluding hydrogens is 354 g/mol. The molecule has 0 saturated carbocycles. The number of nitrogens with zero attached hydrogens (tertiary/aromatic N) is 2. The maximum absolute atomic E-state index is 13.4.